The van der Waals surface area contributed by atoms with Crippen LogP contribution in [0.3, 0.4) is 0 Å². The fraction of sp³-hybridized carbons (Fsp3) is 0.214. The van der Waals surface area contributed by atoms with Crippen LogP contribution in [0.2, 0.25) is 0 Å². The third-order valence-corrected chi connectivity index (χ3v) is 4.30. The van der Waals surface area contributed by atoms with Gasteiger partial charge in [0, 0.05) is 19.2 Å². The zero-order valence-electron chi connectivity index (χ0n) is 11.3. The van der Waals surface area contributed by atoms with Crippen molar-refractivity contribution in [1.29, 1.82) is 0 Å². The largest absolute Gasteiger partial charge is 0.302 e. The Morgan fingerprint density at radius 2 is 2.33 bits per heavy atom. The van der Waals surface area contributed by atoms with Gasteiger partial charge in [0.1, 0.15) is 0 Å². The number of hydrogen-bond acceptors (Lipinski definition) is 4. The second-order valence-corrected chi connectivity index (χ2v) is 6.66. The van der Waals surface area contributed by atoms with E-state index in [-0.39, 0.29) is 5.91 Å². The number of carbonyl (C=O) groups excluding carboxylic acids is 1. The zero-order chi connectivity index (χ0) is 14.8. The van der Waals surface area contributed by atoms with E-state index in [9.17, 15) is 4.79 Å². The van der Waals surface area contributed by atoms with Crippen molar-refractivity contribution in [3.05, 3.63) is 40.6 Å². The van der Waals surface area contributed by atoms with E-state index in [0.717, 1.165) is 14.7 Å². The Morgan fingerprint density at radius 3 is 3.10 bits per heavy atom. The summed E-state index contributed by atoms with van der Waals surface area (Å²) in [6, 6.07) is 6.06. The van der Waals surface area contributed by atoms with Crippen LogP contribution in [-0.4, -0.2) is 20.7 Å². The third kappa shape index (κ3) is 3.48. The molecule has 0 atom stereocenters. The van der Waals surface area contributed by atoms with Gasteiger partial charge in [-0.1, -0.05) is 17.4 Å². The smallest absolute Gasteiger partial charge is 0.228 e. The zero-order valence-corrected chi connectivity index (χ0v) is 13.7. The molecule has 0 saturated heterocycles. The molecule has 21 heavy (non-hydrogen) atoms. The molecule has 0 saturated carbocycles. The number of halogens is 1. The lowest BCUT2D eigenvalue weighted by Crippen LogP contribution is -2.14. The van der Waals surface area contributed by atoms with E-state index in [1.54, 1.807) is 10.9 Å². The summed E-state index contributed by atoms with van der Waals surface area (Å²) in [6.07, 6.45) is 3.91. The van der Waals surface area contributed by atoms with Gasteiger partial charge in [-0.15, -0.1) is 0 Å². The van der Waals surface area contributed by atoms with Crippen molar-refractivity contribution in [1.82, 2.24) is 14.8 Å². The molecule has 108 valence electrons. The van der Waals surface area contributed by atoms with Crippen molar-refractivity contribution in [3.8, 4) is 0 Å². The van der Waals surface area contributed by atoms with Crippen molar-refractivity contribution in [3.63, 3.8) is 0 Å². The maximum Gasteiger partial charge on any atom is 0.228 e. The number of rotatable bonds is 4. The fourth-order valence-corrected chi connectivity index (χ4v) is 3.25. The number of benzene rings is 1. The molecule has 0 spiro atoms. The summed E-state index contributed by atoms with van der Waals surface area (Å²) >= 11 is 4.82. The lowest BCUT2D eigenvalue weighted by molar-refractivity contribution is -0.116. The molecule has 3 rings (SSSR count). The maximum absolute atomic E-state index is 11.9. The minimum atomic E-state index is -0.0580. The van der Waals surface area contributed by atoms with E-state index in [1.807, 2.05) is 25.3 Å². The molecule has 3 aromatic rings. The van der Waals surface area contributed by atoms with Crippen LogP contribution in [0.1, 0.15) is 12.0 Å². The van der Waals surface area contributed by atoms with Crippen molar-refractivity contribution in [2.75, 3.05) is 5.32 Å². The van der Waals surface area contributed by atoms with Crippen molar-refractivity contribution in [2.24, 2.45) is 0 Å². The van der Waals surface area contributed by atoms with Crippen LogP contribution < -0.4 is 5.32 Å². The molecule has 2 heterocycles. The fourth-order valence-electron chi connectivity index (χ4n) is 1.94. The minimum Gasteiger partial charge on any atom is -0.302 e. The van der Waals surface area contributed by atoms with Gasteiger partial charge in [-0.05, 0) is 40.5 Å². The Hall–Kier alpha value is -1.73. The lowest BCUT2D eigenvalue weighted by Gasteiger charge is -2.01. The monoisotopic (exact) mass is 364 g/mol. The van der Waals surface area contributed by atoms with Gasteiger partial charge in [-0.3, -0.25) is 9.48 Å². The number of anilines is 1. The first kappa shape index (κ1) is 14.2. The predicted octanol–water partition coefficient (Wildman–Crippen LogP) is 3.59. The predicted molar refractivity (Wildman–Crippen MR) is 87.5 cm³/mol. The van der Waals surface area contributed by atoms with Gasteiger partial charge in [0.2, 0.25) is 5.91 Å². The molecule has 0 aliphatic rings. The molecule has 7 heteroatoms. The second kappa shape index (κ2) is 5.95. The highest BCUT2D eigenvalue weighted by Gasteiger charge is 2.08. The number of carbonyl (C=O) groups is 1. The van der Waals surface area contributed by atoms with Crippen molar-refractivity contribution >= 4 is 48.5 Å². The van der Waals surface area contributed by atoms with Gasteiger partial charge in [-0.2, -0.15) is 5.10 Å². The van der Waals surface area contributed by atoms with E-state index in [1.165, 1.54) is 16.9 Å². The summed E-state index contributed by atoms with van der Waals surface area (Å²) in [5, 5.41) is 7.60. The van der Waals surface area contributed by atoms with Crippen LogP contribution in [0, 0.1) is 6.92 Å². The van der Waals surface area contributed by atoms with Gasteiger partial charge in [0.05, 0.1) is 20.9 Å². The molecule has 0 aliphatic carbocycles. The maximum atomic E-state index is 11.9. The Kier molecular flexibility index (Phi) is 4.03. The number of hydrogen-bond donors (Lipinski definition) is 1. The molecule has 0 bridgehead atoms. The van der Waals surface area contributed by atoms with Gasteiger partial charge in [0.25, 0.3) is 0 Å². The Balaban J connectivity index is 1.63. The lowest BCUT2D eigenvalue weighted by atomic mass is 10.2. The first-order valence-electron chi connectivity index (χ1n) is 6.45. The van der Waals surface area contributed by atoms with E-state index in [4.69, 9.17) is 0 Å². The SMILES string of the molecule is Cc1ccc2nc(NC(=O)CCn3cc(Br)cn3)sc2c1. The molecule has 0 aliphatic heterocycles. The molecule has 1 N–H and O–H groups in total. The molecule has 0 unspecified atom stereocenters. The van der Waals surface area contributed by atoms with Gasteiger partial charge >= 0.3 is 0 Å². The summed E-state index contributed by atoms with van der Waals surface area (Å²) in [5.74, 6) is -0.0580. The highest BCUT2D eigenvalue weighted by Crippen LogP contribution is 2.26. The molecule has 0 radical (unpaired) electrons. The molecule has 0 fully saturated rings. The minimum absolute atomic E-state index is 0.0580. The highest BCUT2D eigenvalue weighted by molar-refractivity contribution is 9.10. The summed E-state index contributed by atoms with van der Waals surface area (Å²) < 4.78 is 3.72. The molecular weight excluding hydrogens is 352 g/mol. The Labute approximate surface area is 134 Å². The van der Waals surface area contributed by atoms with Crippen LogP contribution in [0.15, 0.2) is 35.1 Å². The molecule has 1 amide bonds. The number of nitrogens with zero attached hydrogens (tertiary/aromatic N) is 3. The standard InChI is InChI=1S/C14H13BrN4OS/c1-9-2-3-11-12(6-9)21-14(17-11)18-13(20)4-5-19-8-10(15)7-16-19/h2-3,6-8H,4-5H2,1H3,(H,17,18,20). The summed E-state index contributed by atoms with van der Waals surface area (Å²) in [7, 11) is 0. The van der Waals surface area contributed by atoms with Crippen LogP contribution in [0.4, 0.5) is 5.13 Å². The van der Waals surface area contributed by atoms with Gasteiger partial charge in [0.15, 0.2) is 5.13 Å². The Bertz CT molecular complexity index is 795. The van der Waals surface area contributed by atoms with Crippen LogP contribution >= 0.6 is 27.3 Å². The highest BCUT2D eigenvalue weighted by atomic mass is 79.9. The molecule has 2 aromatic heterocycles. The van der Waals surface area contributed by atoms with E-state index >= 15 is 0 Å². The first-order valence-corrected chi connectivity index (χ1v) is 8.06. The average Bonchev–Trinajstić information content (AvgIpc) is 3.01. The number of aromatic nitrogens is 3. The first-order chi connectivity index (χ1) is 10.1. The van der Waals surface area contributed by atoms with Crippen molar-refractivity contribution in [2.45, 2.75) is 19.9 Å². The van der Waals surface area contributed by atoms with Crippen molar-refractivity contribution < 1.29 is 4.79 Å². The summed E-state index contributed by atoms with van der Waals surface area (Å²) in [6.45, 7) is 2.58. The molecule has 1 aromatic carbocycles. The quantitative estimate of drug-likeness (QED) is 0.769. The van der Waals surface area contributed by atoms with Crippen LogP contribution in [-0.2, 0) is 11.3 Å². The van der Waals surface area contributed by atoms with Gasteiger partial charge in [-0.25, -0.2) is 4.98 Å². The second-order valence-electron chi connectivity index (χ2n) is 4.71. The number of thiazole rings is 1. The number of amides is 1. The van der Waals surface area contributed by atoms with E-state index in [0.29, 0.717) is 18.1 Å². The van der Waals surface area contributed by atoms with Crippen LogP contribution in [0.5, 0.6) is 0 Å². The average molecular weight is 365 g/mol. The number of nitrogens with one attached hydrogen (secondary N) is 1. The third-order valence-electron chi connectivity index (χ3n) is 2.96. The number of fused-ring (bicyclic) bond motifs is 1. The molecular formula is C14H13BrN4OS. The summed E-state index contributed by atoms with van der Waals surface area (Å²) in [5.41, 5.74) is 2.10. The molecule has 5 nitrogen and oxygen atoms in total. The van der Waals surface area contributed by atoms with E-state index in [2.05, 4.69) is 37.4 Å². The summed E-state index contributed by atoms with van der Waals surface area (Å²) in [4.78, 5) is 16.3. The normalized spacial score (nSPS) is 11.0. The number of aryl methyl sites for hydroxylation is 2. The van der Waals surface area contributed by atoms with E-state index < -0.39 is 0 Å². The topological polar surface area (TPSA) is 59.8 Å². The van der Waals surface area contributed by atoms with Crippen LogP contribution in [0.25, 0.3) is 10.2 Å². The van der Waals surface area contributed by atoms with Gasteiger partial charge < -0.3 is 5.32 Å². The Morgan fingerprint density at radius 1 is 1.48 bits per heavy atom.